The van der Waals surface area contributed by atoms with Gasteiger partial charge in [0, 0.05) is 12.1 Å². The van der Waals surface area contributed by atoms with Crippen molar-refractivity contribution >= 4 is 16.9 Å². The number of carbonyl (C=O) groups is 1. The molecule has 0 spiro atoms. The summed E-state index contributed by atoms with van der Waals surface area (Å²) in [5.41, 5.74) is 6.09. The topological polar surface area (TPSA) is 68.2 Å². The highest BCUT2D eigenvalue weighted by Crippen LogP contribution is 2.36. The summed E-state index contributed by atoms with van der Waals surface area (Å²) in [5, 5.41) is 9.79. The largest absolute Gasteiger partial charge is 0.504 e. The molecule has 0 fully saturated rings. The summed E-state index contributed by atoms with van der Waals surface area (Å²) < 4.78 is 16.8. The first-order valence-corrected chi connectivity index (χ1v) is 13.7. The molecule has 0 amide bonds. The van der Waals surface area contributed by atoms with E-state index in [-0.39, 0.29) is 23.9 Å². The van der Waals surface area contributed by atoms with Crippen LogP contribution < -0.4 is 14.2 Å². The SMILES string of the molecule is CC/C(=C(\c1ccc(OCCN(C)C)cc1)c1ccc(OCC(=O)c2ccc(O)c(OC)c2)cc1)c1ccccc1. The number of benzene rings is 4. The van der Waals surface area contributed by atoms with Gasteiger partial charge in [0.15, 0.2) is 23.9 Å². The van der Waals surface area contributed by atoms with Gasteiger partial charge in [-0.2, -0.15) is 0 Å². The van der Waals surface area contributed by atoms with Crippen LogP contribution in [-0.2, 0) is 0 Å². The van der Waals surface area contributed by atoms with Crippen LogP contribution in [0.25, 0.3) is 11.1 Å². The highest BCUT2D eigenvalue weighted by Gasteiger charge is 2.15. The minimum absolute atomic E-state index is 0.0159. The minimum atomic E-state index is -0.210. The molecule has 1 N–H and O–H groups in total. The van der Waals surface area contributed by atoms with Gasteiger partial charge in [-0.25, -0.2) is 0 Å². The fraction of sp³-hybridized carbons (Fsp3) is 0.229. The van der Waals surface area contributed by atoms with E-state index in [1.807, 2.05) is 56.6 Å². The molecule has 212 valence electrons. The van der Waals surface area contributed by atoms with E-state index in [1.165, 1.54) is 30.4 Å². The van der Waals surface area contributed by atoms with Crippen molar-refractivity contribution < 1.29 is 24.1 Å². The first-order chi connectivity index (χ1) is 19.9. The Labute approximate surface area is 242 Å². The van der Waals surface area contributed by atoms with E-state index in [9.17, 15) is 9.90 Å². The first kappa shape index (κ1) is 29.4. The molecule has 0 saturated carbocycles. The van der Waals surface area contributed by atoms with E-state index >= 15 is 0 Å². The van der Waals surface area contributed by atoms with E-state index < -0.39 is 0 Å². The second kappa shape index (κ2) is 14.2. The maximum Gasteiger partial charge on any atom is 0.200 e. The number of ketones is 1. The molecule has 0 unspecified atom stereocenters. The molecular formula is C35H37NO5. The van der Waals surface area contributed by atoms with Crippen molar-refractivity contribution in [2.45, 2.75) is 13.3 Å². The standard InChI is InChI=1S/C35H37NO5/c1-5-31(25-9-7-6-8-10-25)35(26-11-16-29(17-12-26)40-22-21-36(2)3)27-13-18-30(19-14-27)41-24-33(38)28-15-20-32(37)34(23-28)39-4/h6-20,23,37H,5,21-22,24H2,1-4H3/b35-31-. The van der Waals surface area contributed by atoms with E-state index in [4.69, 9.17) is 14.2 Å². The predicted molar refractivity (Wildman–Crippen MR) is 164 cm³/mol. The zero-order valence-electron chi connectivity index (χ0n) is 24.1. The van der Waals surface area contributed by atoms with Gasteiger partial charge in [0.05, 0.1) is 7.11 Å². The summed E-state index contributed by atoms with van der Waals surface area (Å²) in [6.45, 7) is 3.52. The number of allylic oxidation sites excluding steroid dienone is 1. The second-order valence-corrected chi connectivity index (χ2v) is 9.87. The summed E-state index contributed by atoms with van der Waals surface area (Å²) in [4.78, 5) is 14.8. The fourth-order valence-electron chi connectivity index (χ4n) is 4.54. The van der Waals surface area contributed by atoms with Crippen LogP contribution in [0.4, 0.5) is 0 Å². The van der Waals surface area contributed by atoms with Crippen LogP contribution >= 0.6 is 0 Å². The number of phenolic OH excluding ortho intramolecular Hbond substituents is 1. The maximum atomic E-state index is 12.7. The molecule has 0 atom stereocenters. The average molecular weight is 552 g/mol. The number of ether oxygens (including phenoxy) is 3. The monoisotopic (exact) mass is 551 g/mol. The number of hydrogen-bond acceptors (Lipinski definition) is 6. The number of Topliss-reactive ketones (excluding diaryl/α,β-unsaturated/α-hetero) is 1. The van der Waals surface area contributed by atoms with E-state index in [0.29, 0.717) is 17.9 Å². The molecule has 0 aromatic heterocycles. The number of likely N-dealkylation sites (N-methyl/N-ethyl adjacent to an activating group) is 1. The van der Waals surface area contributed by atoms with Gasteiger partial charge in [0.1, 0.15) is 18.1 Å². The maximum absolute atomic E-state index is 12.7. The van der Waals surface area contributed by atoms with Crippen LogP contribution in [-0.4, -0.2) is 56.8 Å². The van der Waals surface area contributed by atoms with Crippen LogP contribution in [0, 0.1) is 0 Å². The molecule has 4 rings (SSSR count). The summed E-state index contributed by atoms with van der Waals surface area (Å²) in [6, 6.07) is 31.0. The number of rotatable bonds is 13. The predicted octanol–water partition coefficient (Wildman–Crippen LogP) is 6.97. The molecule has 0 aliphatic carbocycles. The third-order valence-electron chi connectivity index (χ3n) is 6.74. The van der Waals surface area contributed by atoms with Gasteiger partial charge >= 0.3 is 0 Å². The van der Waals surface area contributed by atoms with Gasteiger partial charge in [0.2, 0.25) is 0 Å². The lowest BCUT2D eigenvalue weighted by atomic mass is 9.88. The number of phenols is 1. The highest BCUT2D eigenvalue weighted by atomic mass is 16.5. The Balaban J connectivity index is 1.58. The molecular weight excluding hydrogens is 514 g/mol. The molecule has 41 heavy (non-hydrogen) atoms. The lowest BCUT2D eigenvalue weighted by Gasteiger charge is -2.17. The smallest absolute Gasteiger partial charge is 0.200 e. The second-order valence-electron chi connectivity index (χ2n) is 9.87. The fourth-order valence-corrected chi connectivity index (χ4v) is 4.54. The number of aromatic hydroxyl groups is 1. The zero-order valence-corrected chi connectivity index (χ0v) is 24.1. The van der Waals surface area contributed by atoms with E-state index in [1.54, 1.807) is 6.07 Å². The van der Waals surface area contributed by atoms with Gasteiger partial charge in [-0.05, 0) is 90.8 Å². The third kappa shape index (κ3) is 7.77. The molecule has 0 saturated heterocycles. The van der Waals surface area contributed by atoms with Gasteiger partial charge < -0.3 is 24.2 Å². The van der Waals surface area contributed by atoms with Gasteiger partial charge in [-0.1, -0.05) is 61.5 Å². The Morgan fingerprint density at radius 3 is 1.90 bits per heavy atom. The molecule has 6 heteroatoms. The summed E-state index contributed by atoms with van der Waals surface area (Å²) in [6.07, 6.45) is 0.850. The zero-order chi connectivity index (χ0) is 29.2. The van der Waals surface area contributed by atoms with Gasteiger partial charge in [0.25, 0.3) is 0 Å². The normalized spacial score (nSPS) is 11.6. The molecule has 0 bridgehead atoms. The lowest BCUT2D eigenvalue weighted by molar-refractivity contribution is 0.0921. The van der Waals surface area contributed by atoms with Crippen LogP contribution in [0.3, 0.4) is 0 Å². The Kier molecular flexibility index (Phi) is 10.2. The van der Waals surface area contributed by atoms with Crippen molar-refractivity contribution in [3.05, 3.63) is 119 Å². The van der Waals surface area contributed by atoms with E-state index in [2.05, 4.69) is 48.2 Å². The first-order valence-electron chi connectivity index (χ1n) is 13.7. The molecule has 0 aliphatic rings. The van der Waals surface area contributed by atoms with Crippen LogP contribution in [0.2, 0.25) is 0 Å². The van der Waals surface area contributed by atoms with Gasteiger partial charge in [-0.15, -0.1) is 0 Å². The summed E-state index contributed by atoms with van der Waals surface area (Å²) in [5.74, 6) is 1.45. The van der Waals surface area contributed by atoms with Crippen LogP contribution in [0.15, 0.2) is 97.1 Å². The number of carbonyl (C=O) groups excluding carboxylic acids is 1. The number of nitrogens with zero attached hydrogens (tertiary/aromatic N) is 1. The number of methoxy groups -OCH3 is 1. The van der Waals surface area contributed by atoms with E-state index in [0.717, 1.165) is 35.4 Å². The molecule has 4 aromatic rings. The van der Waals surface area contributed by atoms with Crippen molar-refractivity contribution in [1.82, 2.24) is 4.90 Å². The molecule has 0 heterocycles. The Hall–Kier alpha value is -4.55. The lowest BCUT2D eigenvalue weighted by Crippen LogP contribution is -2.19. The summed E-state index contributed by atoms with van der Waals surface area (Å²) >= 11 is 0. The minimum Gasteiger partial charge on any atom is -0.504 e. The van der Waals surface area contributed by atoms with Crippen molar-refractivity contribution in [1.29, 1.82) is 0 Å². The van der Waals surface area contributed by atoms with Gasteiger partial charge in [-0.3, -0.25) is 4.79 Å². The third-order valence-corrected chi connectivity index (χ3v) is 6.74. The van der Waals surface area contributed by atoms with Crippen molar-refractivity contribution in [2.24, 2.45) is 0 Å². The quantitative estimate of drug-likeness (QED) is 0.143. The Morgan fingerprint density at radius 1 is 0.756 bits per heavy atom. The Bertz CT molecular complexity index is 1460. The highest BCUT2D eigenvalue weighted by molar-refractivity contribution is 5.99. The molecule has 6 nitrogen and oxygen atoms in total. The summed E-state index contributed by atoms with van der Waals surface area (Å²) in [7, 11) is 5.50. The van der Waals surface area contributed by atoms with Crippen molar-refractivity contribution in [2.75, 3.05) is 41.0 Å². The molecule has 0 radical (unpaired) electrons. The van der Waals surface area contributed by atoms with Crippen molar-refractivity contribution in [3.63, 3.8) is 0 Å². The van der Waals surface area contributed by atoms with Crippen LogP contribution in [0.5, 0.6) is 23.0 Å². The average Bonchev–Trinajstić information content (AvgIpc) is 3.00. The number of hydrogen-bond donors (Lipinski definition) is 1. The molecule has 4 aromatic carbocycles. The molecule has 0 aliphatic heterocycles. The van der Waals surface area contributed by atoms with Crippen molar-refractivity contribution in [3.8, 4) is 23.0 Å². The van der Waals surface area contributed by atoms with Crippen LogP contribution in [0.1, 0.15) is 40.4 Å². The Morgan fingerprint density at radius 2 is 1.34 bits per heavy atom.